The molecule has 0 aliphatic rings. The first-order valence-electron chi connectivity index (χ1n) is 8.72. The molecule has 27 heavy (non-hydrogen) atoms. The standard InChI is InChI=1S/C21H21N3O2S/c1-4-15-5-7-16(8-6-15)21-22-13(2)19(27-21)20(26)24-18-11-9-17(10-12-18)23-14(3)25/h5-12H,4H2,1-3H3,(H,23,25)(H,24,26). The van der Waals surface area contributed by atoms with E-state index in [1.165, 1.54) is 23.8 Å². The minimum atomic E-state index is -0.186. The lowest BCUT2D eigenvalue weighted by Crippen LogP contribution is -2.11. The minimum Gasteiger partial charge on any atom is -0.326 e. The quantitative estimate of drug-likeness (QED) is 0.663. The lowest BCUT2D eigenvalue weighted by atomic mass is 10.1. The number of nitrogens with one attached hydrogen (secondary N) is 2. The number of aromatic nitrogens is 1. The Morgan fingerprint density at radius 1 is 0.963 bits per heavy atom. The van der Waals surface area contributed by atoms with Gasteiger partial charge in [-0.15, -0.1) is 11.3 Å². The van der Waals surface area contributed by atoms with E-state index in [0.717, 1.165) is 17.0 Å². The molecule has 0 fully saturated rings. The zero-order chi connectivity index (χ0) is 19.4. The summed E-state index contributed by atoms with van der Waals surface area (Å²) in [6, 6.07) is 15.3. The molecule has 6 heteroatoms. The van der Waals surface area contributed by atoms with Gasteiger partial charge in [0.25, 0.3) is 5.91 Å². The maximum Gasteiger partial charge on any atom is 0.267 e. The topological polar surface area (TPSA) is 71.1 Å². The highest BCUT2D eigenvalue weighted by Gasteiger charge is 2.16. The Morgan fingerprint density at radius 2 is 1.56 bits per heavy atom. The van der Waals surface area contributed by atoms with Crippen LogP contribution in [0.15, 0.2) is 48.5 Å². The summed E-state index contributed by atoms with van der Waals surface area (Å²) >= 11 is 1.38. The van der Waals surface area contributed by atoms with Gasteiger partial charge in [0.1, 0.15) is 9.88 Å². The summed E-state index contributed by atoms with van der Waals surface area (Å²) < 4.78 is 0. The van der Waals surface area contributed by atoms with Crippen molar-refractivity contribution in [2.75, 3.05) is 10.6 Å². The molecule has 5 nitrogen and oxygen atoms in total. The number of anilines is 2. The van der Waals surface area contributed by atoms with Crippen LogP contribution in [-0.2, 0) is 11.2 Å². The Morgan fingerprint density at radius 3 is 2.11 bits per heavy atom. The molecule has 0 aliphatic carbocycles. The molecule has 0 bridgehead atoms. The zero-order valence-corrected chi connectivity index (χ0v) is 16.3. The number of nitrogens with zero attached hydrogens (tertiary/aromatic N) is 1. The van der Waals surface area contributed by atoms with Crippen molar-refractivity contribution in [3.05, 3.63) is 64.7 Å². The monoisotopic (exact) mass is 379 g/mol. The van der Waals surface area contributed by atoms with Gasteiger partial charge in [0.2, 0.25) is 5.91 Å². The molecule has 1 aromatic heterocycles. The summed E-state index contributed by atoms with van der Waals surface area (Å²) in [5.41, 5.74) is 4.34. The van der Waals surface area contributed by atoms with Gasteiger partial charge in [-0.2, -0.15) is 0 Å². The van der Waals surface area contributed by atoms with Crippen LogP contribution >= 0.6 is 11.3 Å². The summed E-state index contributed by atoms with van der Waals surface area (Å²) in [5.74, 6) is -0.319. The lowest BCUT2D eigenvalue weighted by Gasteiger charge is -2.06. The van der Waals surface area contributed by atoms with Gasteiger partial charge >= 0.3 is 0 Å². The second-order valence-corrected chi connectivity index (χ2v) is 7.20. The van der Waals surface area contributed by atoms with E-state index in [4.69, 9.17) is 0 Å². The molecule has 2 aromatic carbocycles. The van der Waals surface area contributed by atoms with Crippen LogP contribution in [0.5, 0.6) is 0 Å². The molecule has 138 valence electrons. The molecule has 3 aromatic rings. The van der Waals surface area contributed by atoms with Crippen molar-refractivity contribution in [1.29, 1.82) is 0 Å². The molecule has 3 rings (SSSR count). The summed E-state index contributed by atoms with van der Waals surface area (Å²) in [6.07, 6.45) is 0.992. The molecule has 2 amide bonds. The molecule has 0 aliphatic heterocycles. The second-order valence-electron chi connectivity index (χ2n) is 6.20. The number of carbonyl (C=O) groups is 2. The van der Waals surface area contributed by atoms with E-state index in [0.29, 0.717) is 21.9 Å². The maximum absolute atomic E-state index is 12.6. The van der Waals surface area contributed by atoms with Crippen molar-refractivity contribution >= 4 is 34.5 Å². The first-order valence-corrected chi connectivity index (χ1v) is 9.53. The minimum absolute atomic E-state index is 0.133. The number of amides is 2. The van der Waals surface area contributed by atoms with Crippen molar-refractivity contribution < 1.29 is 9.59 Å². The number of hydrogen-bond donors (Lipinski definition) is 2. The van der Waals surface area contributed by atoms with Crippen LogP contribution < -0.4 is 10.6 Å². The Bertz CT molecular complexity index is 960. The smallest absolute Gasteiger partial charge is 0.267 e. The SMILES string of the molecule is CCc1ccc(-c2nc(C)c(C(=O)Nc3ccc(NC(C)=O)cc3)s2)cc1. The summed E-state index contributed by atoms with van der Waals surface area (Å²) in [6.45, 7) is 5.42. The first kappa shape index (κ1) is 18.8. The highest BCUT2D eigenvalue weighted by atomic mass is 32.1. The molecule has 0 saturated heterocycles. The number of aryl methyl sites for hydroxylation is 2. The van der Waals surface area contributed by atoms with E-state index < -0.39 is 0 Å². The van der Waals surface area contributed by atoms with Crippen molar-refractivity contribution in [3.63, 3.8) is 0 Å². The van der Waals surface area contributed by atoms with Crippen molar-refractivity contribution in [2.24, 2.45) is 0 Å². The van der Waals surface area contributed by atoms with Gasteiger partial charge in [0, 0.05) is 23.9 Å². The second kappa shape index (κ2) is 8.14. The number of hydrogen-bond acceptors (Lipinski definition) is 4. The van der Waals surface area contributed by atoms with Gasteiger partial charge in [0.05, 0.1) is 5.69 Å². The summed E-state index contributed by atoms with van der Waals surface area (Å²) in [7, 11) is 0. The van der Waals surface area contributed by atoms with Crippen LogP contribution in [0.4, 0.5) is 11.4 Å². The zero-order valence-electron chi connectivity index (χ0n) is 15.5. The molecule has 2 N–H and O–H groups in total. The molecule has 0 saturated carbocycles. The fourth-order valence-corrected chi connectivity index (χ4v) is 3.61. The fourth-order valence-electron chi connectivity index (χ4n) is 2.64. The Hall–Kier alpha value is -2.99. The fraction of sp³-hybridized carbons (Fsp3) is 0.190. The van der Waals surface area contributed by atoms with Gasteiger partial charge in [-0.3, -0.25) is 9.59 Å². The van der Waals surface area contributed by atoms with E-state index >= 15 is 0 Å². The molecule has 1 heterocycles. The molecule has 0 atom stereocenters. The maximum atomic E-state index is 12.6. The van der Waals surface area contributed by atoms with Gasteiger partial charge in [-0.05, 0) is 43.2 Å². The largest absolute Gasteiger partial charge is 0.326 e. The van der Waals surface area contributed by atoms with E-state index in [-0.39, 0.29) is 11.8 Å². The number of benzene rings is 2. The molecule has 0 spiro atoms. The molecule has 0 unspecified atom stereocenters. The third kappa shape index (κ3) is 4.60. The number of thiazole rings is 1. The summed E-state index contributed by atoms with van der Waals surface area (Å²) in [5, 5.41) is 6.41. The van der Waals surface area contributed by atoms with Crippen LogP contribution in [0, 0.1) is 6.92 Å². The molecular weight excluding hydrogens is 358 g/mol. The average Bonchev–Trinajstić information content (AvgIpc) is 3.05. The lowest BCUT2D eigenvalue weighted by molar-refractivity contribution is -0.114. The third-order valence-electron chi connectivity index (χ3n) is 4.08. The van der Waals surface area contributed by atoms with Gasteiger partial charge < -0.3 is 10.6 Å². The van der Waals surface area contributed by atoms with Crippen LogP contribution in [0.1, 0.15) is 34.8 Å². The van der Waals surface area contributed by atoms with E-state index in [2.05, 4.69) is 34.7 Å². The predicted octanol–water partition coefficient (Wildman–Crippen LogP) is 4.89. The van der Waals surface area contributed by atoms with Crippen molar-refractivity contribution in [2.45, 2.75) is 27.2 Å². The first-order chi connectivity index (χ1) is 13.0. The number of carbonyl (C=O) groups excluding carboxylic acids is 2. The Balaban J connectivity index is 1.75. The average molecular weight is 379 g/mol. The molecule has 0 radical (unpaired) electrons. The van der Waals surface area contributed by atoms with Crippen LogP contribution in [0.25, 0.3) is 10.6 Å². The van der Waals surface area contributed by atoms with Gasteiger partial charge in [-0.1, -0.05) is 31.2 Å². The highest BCUT2D eigenvalue weighted by molar-refractivity contribution is 7.17. The van der Waals surface area contributed by atoms with Crippen LogP contribution in [0.2, 0.25) is 0 Å². The van der Waals surface area contributed by atoms with Gasteiger partial charge in [0.15, 0.2) is 0 Å². The Kier molecular flexibility index (Phi) is 5.66. The third-order valence-corrected chi connectivity index (χ3v) is 5.28. The van der Waals surface area contributed by atoms with E-state index in [1.54, 1.807) is 24.3 Å². The van der Waals surface area contributed by atoms with Crippen molar-refractivity contribution in [3.8, 4) is 10.6 Å². The Labute approximate surface area is 162 Å². The molecular formula is C21H21N3O2S. The summed E-state index contributed by atoms with van der Waals surface area (Å²) in [4.78, 5) is 28.8. The normalized spacial score (nSPS) is 10.5. The van der Waals surface area contributed by atoms with E-state index in [9.17, 15) is 9.59 Å². The number of rotatable bonds is 5. The highest BCUT2D eigenvalue weighted by Crippen LogP contribution is 2.29. The van der Waals surface area contributed by atoms with Crippen LogP contribution in [-0.4, -0.2) is 16.8 Å². The van der Waals surface area contributed by atoms with Crippen molar-refractivity contribution in [1.82, 2.24) is 4.98 Å². The predicted molar refractivity (Wildman–Crippen MR) is 110 cm³/mol. The van der Waals surface area contributed by atoms with Gasteiger partial charge in [-0.25, -0.2) is 4.98 Å². The van der Waals surface area contributed by atoms with E-state index in [1.807, 2.05) is 19.1 Å². The van der Waals surface area contributed by atoms with Crippen LogP contribution in [0.3, 0.4) is 0 Å².